The van der Waals surface area contributed by atoms with Crippen LogP contribution in [0.4, 0.5) is 8.78 Å². The molecule has 0 fully saturated rings. The SMILES string of the molecule is CCCN(CCC)C(=O)c1cccc(C(=O)NC(Cc2cc(F)cc(F)c2)C(CNCc2ccccc2)OC(=O)CCOC)c1. The molecular formula is C35H43F2N3O5. The number of esters is 1. The highest BCUT2D eigenvalue weighted by molar-refractivity contribution is 5.99. The van der Waals surface area contributed by atoms with Crippen LogP contribution in [0.15, 0.2) is 72.8 Å². The topological polar surface area (TPSA) is 97.0 Å². The van der Waals surface area contributed by atoms with Gasteiger partial charge in [0.2, 0.25) is 0 Å². The molecule has 3 aromatic rings. The summed E-state index contributed by atoms with van der Waals surface area (Å²) in [7, 11) is 1.47. The Bertz CT molecular complexity index is 1360. The molecule has 0 aliphatic heterocycles. The molecule has 2 N–H and O–H groups in total. The maximum Gasteiger partial charge on any atom is 0.308 e. The lowest BCUT2D eigenvalue weighted by atomic mass is 9.99. The number of carbonyl (C=O) groups excluding carboxylic acids is 3. The van der Waals surface area contributed by atoms with Crippen molar-refractivity contribution in [2.75, 3.05) is 33.4 Å². The molecule has 0 aromatic heterocycles. The van der Waals surface area contributed by atoms with Crippen molar-refractivity contribution in [3.05, 3.63) is 107 Å². The monoisotopic (exact) mass is 623 g/mol. The molecule has 0 saturated heterocycles. The Balaban J connectivity index is 1.90. The summed E-state index contributed by atoms with van der Waals surface area (Å²) in [5, 5.41) is 6.19. The van der Waals surface area contributed by atoms with Crippen LogP contribution in [0.2, 0.25) is 0 Å². The van der Waals surface area contributed by atoms with Gasteiger partial charge < -0.3 is 25.0 Å². The largest absolute Gasteiger partial charge is 0.459 e. The Morgan fingerprint density at radius 2 is 1.51 bits per heavy atom. The lowest BCUT2D eigenvalue weighted by molar-refractivity contribution is -0.151. The van der Waals surface area contributed by atoms with Crippen molar-refractivity contribution < 1.29 is 32.6 Å². The smallest absolute Gasteiger partial charge is 0.308 e. The van der Waals surface area contributed by atoms with Gasteiger partial charge in [0.1, 0.15) is 17.7 Å². The molecule has 0 aliphatic rings. The second kappa shape index (κ2) is 18.6. The zero-order valence-corrected chi connectivity index (χ0v) is 26.2. The third-order valence-electron chi connectivity index (χ3n) is 7.10. The van der Waals surface area contributed by atoms with E-state index in [9.17, 15) is 23.2 Å². The number of methoxy groups -OCH3 is 1. The summed E-state index contributed by atoms with van der Waals surface area (Å²) in [5.74, 6) is -2.77. The quantitative estimate of drug-likeness (QED) is 0.187. The number of halogens is 2. The standard InChI is InChI=1S/C35H43F2N3O5/c1-4-15-40(16-5-2)35(43)28-13-9-12-27(21-28)34(42)39-31(20-26-18-29(36)22-30(37)19-26)32(45-33(41)14-17-44-3)24-38-23-25-10-7-6-8-11-25/h6-13,18-19,21-22,31-32,38H,4-5,14-17,20,23-24H2,1-3H3,(H,39,42). The number of benzene rings is 3. The fraction of sp³-hybridized carbons (Fsp3) is 0.400. The first-order chi connectivity index (χ1) is 21.7. The van der Waals surface area contributed by atoms with Crippen molar-refractivity contribution in [3.8, 4) is 0 Å². The van der Waals surface area contributed by atoms with Gasteiger partial charge in [-0.15, -0.1) is 0 Å². The fourth-order valence-electron chi connectivity index (χ4n) is 4.97. The molecule has 0 saturated carbocycles. The third-order valence-corrected chi connectivity index (χ3v) is 7.10. The van der Waals surface area contributed by atoms with E-state index >= 15 is 0 Å². The first kappa shape index (κ1) is 35.3. The predicted molar refractivity (Wildman–Crippen MR) is 169 cm³/mol. The highest BCUT2D eigenvalue weighted by atomic mass is 19.1. The lowest BCUT2D eigenvalue weighted by Crippen LogP contribution is -2.50. The maximum absolute atomic E-state index is 14.2. The molecule has 0 heterocycles. The molecule has 2 amide bonds. The van der Waals surface area contributed by atoms with Crippen LogP contribution in [0.5, 0.6) is 0 Å². The number of hydrogen-bond donors (Lipinski definition) is 2. The van der Waals surface area contributed by atoms with Crippen molar-refractivity contribution in [1.29, 1.82) is 0 Å². The Kier molecular flexibility index (Phi) is 14.6. The first-order valence-corrected chi connectivity index (χ1v) is 15.3. The van der Waals surface area contributed by atoms with Crippen molar-refractivity contribution in [2.45, 2.75) is 58.2 Å². The molecule has 8 nitrogen and oxygen atoms in total. The van der Waals surface area contributed by atoms with Crippen LogP contribution in [-0.2, 0) is 27.2 Å². The normalized spacial score (nSPS) is 12.3. The number of nitrogens with zero attached hydrogens (tertiary/aromatic N) is 1. The van der Waals surface area contributed by atoms with Crippen LogP contribution < -0.4 is 10.6 Å². The summed E-state index contributed by atoms with van der Waals surface area (Å²) >= 11 is 0. The first-order valence-electron chi connectivity index (χ1n) is 15.3. The minimum Gasteiger partial charge on any atom is -0.459 e. The van der Waals surface area contributed by atoms with E-state index in [4.69, 9.17) is 9.47 Å². The van der Waals surface area contributed by atoms with Gasteiger partial charge >= 0.3 is 5.97 Å². The van der Waals surface area contributed by atoms with E-state index in [2.05, 4.69) is 10.6 Å². The average Bonchev–Trinajstić information content (AvgIpc) is 3.02. The molecule has 2 unspecified atom stereocenters. The molecule has 2 atom stereocenters. The van der Waals surface area contributed by atoms with Gasteiger partial charge in [-0.1, -0.05) is 50.2 Å². The zero-order chi connectivity index (χ0) is 32.6. The minimum absolute atomic E-state index is 0.0167. The van der Waals surface area contributed by atoms with Gasteiger partial charge in [-0.2, -0.15) is 0 Å². The van der Waals surface area contributed by atoms with Crippen LogP contribution in [-0.4, -0.2) is 68.2 Å². The third kappa shape index (κ3) is 11.7. The summed E-state index contributed by atoms with van der Waals surface area (Å²) in [6.07, 6.45) is 0.642. The Labute approximate surface area is 264 Å². The second-order valence-corrected chi connectivity index (χ2v) is 10.8. The highest BCUT2D eigenvalue weighted by Crippen LogP contribution is 2.16. The summed E-state index contributed by atoms with van der Waals surface area (Å²) in [4.78, 5) is 41.4. The van der Waals surface area contributed by atoms with Gasteiger partial charge in [-0.25, -0.2) is 8.78 Å². The van der Waals surface area contributed by atoms with Crippen LogP contribution in [0.25, 0.3) is 0 Å². The molecule has 3 rings (SSSR count). The van der Waals surface area contributed by atoms with E-state index in [0.717, 1.165) is 24.5 Å². The van der Waals surface area contributed by atoms with E-state index in [1.807, 2.05) is 44.2 Å². The van der Waals surface area contributed by atoms with Gasteiger partial charge in [0, 0.05) is 50.5 Å². The summed E-state index contributed by atoms with van der Waals surface area (Å²) in [6, 6.07) is 18.3. The second-order valence-electron chi connectivity index (χ2n) is 10.8. The molecule has 10 heteroatoms. The molecule has 0 spiro atoms. The number of ether oxygens (including phenoxy) is 2. The number of nitrogens with one attached hydrogen (secondary N) is 2. The van der Waals surface area contributed by atoms with Gasteiger partial charge in [-0.05, 0) is 60.7 Å². The molecule has 0 aliphatic carbocycles. The molecule has 45 heavy (non-hydrogen) atoms. The fourth-order valence-corrected chi connectivity index (χ4v) is 4.97. The summed E-state index contributed by atoms with van der Waals surface area (Å²) in [6.45, 7) is 5.93. The van der Waals surface area contributed by atoms with Crippen LogP contribution in [0, 0.1) is 11.6 Å². The van der Waals surface area contributed by atoms with Crippen LogP contribution >= 0.6 is 0 Å². The Morgan fingerprint density at radius 1 is 0.844 bits per heavy atom. The molecule has 242 valence electrons. The minimum atomic E-state index is -0.914. The predicted octanol–water partition coefficient (Wildman–Crippen LogP) is 5.31. The van der Waals surface area contributed by atoms with E-state index in [1.54, 1.807) is 23.1 Å². The Morgan fingerprint density at radius 3 is 2.16 bits per heavy atom. The van der Waals surface area contributed by atoms with Gasteiger partial charge in [0.15, 0.2) is 0 Å². The van der Waals surface area contributed by atoms with Crippen molar-refractivity contribution in [2.24, 2.45) is 0 Å². The van der Waals surface area contributed by atoms with E-state index < -0.39 is 35.7 Å². The van der Waals surface area contributed by atoms with Crippen LogP contribution in [0.1, 0.15) is 65.0 Å². The summed E-state index contributed by atoms with van der Waals surface area (Å²) < 4.78 is 39.2. The highest BCUT2D eigenvalue weighted by Gasteiger charge is 2.28. The zero-order valence-electron chi connectivity index (χ0n) is 26.2. The maximum atomic E-state index is 14.2. The van der Waals surface area contributed by atoms with Gasteiger partial charge in [-0.3, -0.25) is 14.4 Å². The van der Waals surface area contributed by atoms with E-state index in [1.165, 1.54) is 25.3 Å². The molecule has 0 radical (unpaired) electrons. The Hall–Kier alpha value is -4.15. The number of amides is 2. The molecule has 0 bridgehead atoms. The van der Waals surface area contributed by atoms with E-state index in [-0.39, 0.29) is 43.0 Å². The molecule has 3 aromatic carbocycles. The number of carbonyl (C=O) groups is 3. The van der Waals surface area contributed by atoms with Crippen molar-refractivity contribution >= 4 is 17.8 Å². The van der Waals surface area contributed by atoms with Gasteiger partial charge in [0.25, 0.3) is 11.8 Å². The number of rotatable bonds is 18. The van der Waals surface area contributed by atoms with Crippen molar-refractivity contribution in [3.63, 3.8) is 0 Å². The summed E-state index contributed by atoms with van der Waals surface area (Å²) in [5.41, 5.74) is 1.88. The lowest BCUT2D eigenvalue weighted by Gasteiger charge is -2.29. The van der Waals surface area contributed by atoms with Gasteiger partial charge in [0.05, 0.1) is 19.1 Å². The molecular weight excluding hydrogens is 580 g/mol. The average molecular weight is 624 g/mol. The van der Waals surface area contributed by atoms with E-state index in [0.29, 0.717) is 25.2 Å². The number of hydrogen-bond acceptors (Lipinski definition) is 6. The van der Waals surface area contributed by atoms with Crippen LogP contribution in [0.3, 0.4) is 0 Å². The van der Waals surface area contributed by atoms with Crippen molar-refractivity contribution in [1.82, 2.24) is 15.5 Å².